The van der Waals surface area contributed by atoms with Crippen LogP contribution in [0.4, 0.5) is 4.79 Å². The summed E-state index contributed by atoms with van der Waals surface area (Å²) < 4.78 is 14.9. The van der Waals surface area contributed by atoms with Crippen LogP contribution in [-0.2, 0) is 22.6 Å². The van der Waals surface area contributed by atoms with Crippen LogP contribution in [0.3, 0.4) is 0 Å². The number of urea groups is 1. The number of carbonyl (C=O) groups is 1. The first-order chi connectivity index (χ1) is 24.3. The van der Waals surface area contributed by atoms with Crippen LogP contribution in [-0.4, -0.2) is 53.8 Å². The van der Waals surface area contributed by atoms with Crippen molar-refractivity contribution >= 4 is 17.8 Å². The van der Waals surface area contributed by atoms with Crippen molar-refractivity contribution in [3.8, 4) is 11.4 Å². The van der Waals surface area contributed by atoms with Gasteiger partial charge < -0.3 is 30.3 Å². The number of aromatic hydroxyl groups is 1. The molecular weight excluding hydrogens is 653 g/mol. The molecule has 2 amide bonds. The number of carbonyl (C=O) groups excluding carboxylic acids is 1. The zero-order valence-corrected chi connectivity index (χ0v) is 29.0. The topological polar surface area (TPSA) is 144 Å². The summed E-state index contributed by atoms with van der Waals surface area (Å²) in [5.41, 5.74) is 4.47. The number of tetrazole rings is 1. The van der Waals surface area contributed by atoms with E-state index in [2.05, 4.69) is 33.1 Å². The maximum atomic E-state index is 13.1. The number of rotatable bonds is 10. The van der Waals surface area contributed by atoms with Gasteiger partial charge in [0.15, 0.2) is 6.29 Å². The zero-order chi connectivity index (χ0) is 34.2. The van der Waals surface area contributed by atoms with Crippen molar-refractivity contribution in [3.05, 3.63) is 95.1 Å². The lowest BCUT2D eigenvalue weighted by Crippen LogP contribution is -2.61. The molecule has 9 rings (SSSR count). The molecule has 262 valence electrons. The number of phenols is 1. The summed E-state index contributed by atoms with van der Waals surface area (Å²) in [6.45, 7) is 2.54. The standard InChI is InChI=1S/C38H44N6O5S/c1-23-33(22-50-37-41-42-43-44(37)31-10-12-32(46)13-11-31)48-35(49-34(23)29-6-4-25(21-45)5-7-29)30-8-2-24(3-9-30)20-39-36(47)40-38-17-26-14-27(18-38)16-28(15-26)19-38/h2-13,23,26-28,33-35,45-46H,14-22H2,1H3,(H2,39,40,47). The van der Waals surface area contributed by atoms with E-state index in [0.717, 1.165) is 65.0 Å². The Hall–Kier alpha value is -3.97. The van der Waals surface area contributed by atoms with Gasteiger partial charge in [-0.25, -0.2) is 4.79 Å². The Balaban J connectivity index is 0.942. The molecule has 12 heteroatoms. The second-order valence-corrected chi connectivity index (χ2v) is 15.8. The predicted molar refractivity (Wildman–Crippen MR) is 187 cm³/mol. The van der Waals surface area contributed by atoms with Crippen LogP contribution in [0.5, 0.6) is 5.75 Å². The highest BCUT2D eigenvalue weighted by Gasteiger charge is 2.51. The van der Waals surface area contributed by atoms with E-state index in [1.165, 1.54) is 31.0 Å². The Morgan fingerprint density at radius 1 is 0.900 bits per heavy atom. The Morgan fingerprint density at radius 3 is 2.20 bits per heavy atom. The number of phenolic OH excluding ortho intramolecular Hbond substituents is 1. The van der Waals surface area contributed by atoms with Crippen molar-refractivity contribution in [1.82, 2.24) is 30.8 Å². The van der Waals surface area contributed by atoms with Gasteiger partial charge in [-0.05, 0) is 108 Å². The lowest BCUT2D eigenvalue weighted by Gasteiger charge is -2.56. The molecule has 5 fully saturated rings. The average Bonchev–Trinajstić information content (AvgIpc) is 3.59. The monoisotopic (exact) mass is 696 g/mol. The molecule has 1 saturated heterocycles. The summed E-state index contributed by atoms with van der Waals surface area (Å²) in [7, 11) is 0. The molecule has 4 atom stereocenters. The maximum Gasteiger partial charge on any atom is 0.315 e. The van der Waals surface area contributed by atoms with Crippen molar-refractivity contribution in [2.45, 2.75) is 87.8 Å². The summed E-state index contributed by atoms with van der Waals surface area (Å²) in [6.07, 6.45) is 6.35. The van der Waals surface area contributed by atoms with Crippen molar-refractivity contribution < 1.29 is 24.5 Å². The summed E-state index contributed by atoms with van der Waals surface area (Å²) in [5.74, 6) is 3.08. The SMILES string of the molecule is CC1C(CSc2nnnn2-c2ccc(O)cc2)OC(c2ccc(CNC(=O)NC34CC5CC(CC(C5)C3)C4)cc2)OC1c1ccc(CO)cc1. The van der Waals surface area contributed by atoms with E-state index < -0.39 is 6.29 Å². The van der Waals surface area contributed by atoms with Crippen molar-refractivity contribution in [2.24, 2.45) is 23.7 Å². The lowest BCUT2D eigenvalue weighted by molar-refractivity contribution is -0.268. The van der Waals surface area contributed by atoms with E-state index in [1.807, 2.05) is 48.5 Å². The number of benzene rings is 3. The Labute approximate surface area is 296 Å². The van der Waals surface area contributed by atoms with Gasteiger partial charge in [0.2, 0.25) is 5.16 Å². The highest BCUT2D eigenvalue weighted by molar-refractivity contribution is 7.99. The van der Waals surface area contributed by atoms with Gasteiger partial charge in [0.1, 0.15) is 5.75 Å². The summed E-state index contributed by atoms with van der Waals surface area (Å²) in [6, 6.07) is 22.6. The zero-order valence-electron chi connectivity index (χ0n) is 28.1. The largest absolute Gasteiger partial charge is 0.508 e. The van der Waals surface area contributed by atoms with Crippen molar-refractivity contribution in [2.75, 3.05) is 5.75 Å². The minimum absolute atomic E-state index is 0.00677. The Morgan fingerprint density at radius 2 is 1.54 bits per heavy atom. The molecule has 1 aromatic heterocycles. The van der Waals surface area contributed by atoms with Gasteiger partial charge in [0.05, 0.1) is 24.5 Å². The van der Waals surface area contributed by atoms with E-state index >= 15 is 0 Å². The molecule has 4 aromatic rings. The fraction of sp³-hybridized carbons (Fsp3) is 0.474. The van der Waals surface area contributed by atoms with E-state index in [-0.39, 0.29) is 42.1 Å². The number of nitrogens with one attached hydrogen (secondary N) is 2. The quantitative estimate of drug-likeness (QED) is 0.142. The van der Waals surface area contributed by atoms with Gasteiger partial charge in [-0.3, -0.25) is 0 Å². The van der Waals surface area contributed by atoms with Crippen LogP contribution in [0, 0.1) is 23.7 Å². The number of thioether (sulfide) groups is 1. The fourth-order valence-corrected chi connectivity index (χ4v) is 10.1. The van der Waals surface area contributed by atoms with Crippen molar-refractivity contribution in [3.63, 3.8) is 0 Å². The van der Waals surface area contributed by atoms with Gasteiger partial charge in [0, 0.05) is 29.3 Å². The molecule has 3 aromatic carbocycles. The minimum atomic E-state index is -0.617. The smallest absolute Gasteiger partial charge is 0.315 e. The molecule has 4 bridgehead atoms. The van der Waals surface area contributed by atoms with Gasteiger partial charge in [0.25, 0.3) is 0 Å². The average molecular weight is 697 g/mol. The van der Waals surface area contributed by atoms with Crippen LogP contribution in [0.25, 0.3) is 5.69 Å². The van der Waals surface area contributed by atoms with Gasteiger partial charge >= 0.3 is 6.03 Å². The molecule has 5 aliphatic rings. The van der Waals surface area contributed by atoms with Crippen molar-refractivity contribution in [1.29, 1.82) is 0 Å². The molecule has 2 heterocycles. The molecule has 50 heavy (non-hydrogen) atoms. The Kier molecular flexibility index (Phi) is 9.28. The summed E-state index contributed by atoms with van der Waals surface area (Å²) in [4.78, 5) is 13.1. The maximum absolute atomic E-state index is 13.1. The second-order valence-electron chi connectivity index (χ2n) is 14.8. The normalized spacial score (nSPS) is 29.9. The molecule has 4 N–H and O–H groups in total. The van der Waals surface area contributed by atoms with E-state index in [0.29, 0.717) is 17.5 Å². The number of hydrogen-bond donors (Lipinski definition) is 4. The summed E-state index contributed by atoms with van der Waals surface area (Å²) >= 11 is 1.50. The van der Waals surface area contributed by atoms with Gasteiger partial charge in [-0.15, -0.1) is 5.10 Å². The minimum Gasteiger partial charge on any atom is -0.508 e. The molecule has 11 nitrogen and oxygen atoms in total. The number of nitrogens with zero attached hydrogens (tertiary/aromatic N) is 4. The number of aromatic nitrogens is 4. The highest BCUT2D eigenvalue weighted by atomic mass is 32.2. The predicted octanol–water partition coefficient (Wildman–Crippen LogP) is 6.21. The Bertz CT molecular complexity index is 1750. The molecule has 1 aliphatic heterocycles. The van der Waals surface area contributed by atoms with Crippen LogP contribution in [0.1, 0.15) is 80.1 Å². The van der Waals surface area contributed by atoms with Crippen LogP contribution >= 0.6 is 11.8 Å². The van der Waals surface area contributed by atoms with E-state index in [9.17, 15) is 15.0 Å². The summed E-state index contributed by atoms with van der Waals surface area (Å²) in [5, 5.41) is 38.7. The third-order valence-corrected chi connectivity index (χ3v) is 12.2. The number of aliphatic hydroxyl groups excluding tert-OH is 1. The molecule has 0 radical (unpaired) electrons. The number of ether oxygens (including phenoxy) is 2. The number of aliphatic hydroxyl groups is 1. The number of amides is 2. The first-order valence-electron chi connectivity index (χ1n) is 17.7. The first kappa shape index (κ1) is 33.2. The second kappa shape index (κ2) is 14.0. The molecule has 4 aliphatic carbocycles. The van der Waals surface area contributed by atoms with Gasteiger partial charge in [-0.2, -0.15) is 4.68 Å². The van der Waals surface area contributed by atoms with Crippen LogP contribution in [0.15, 0.2) is 78.0 Å². The molecule has 4 saturated carbocycles. The van der Waals surface area contributed by atoms with E-state index in [1.54, 1.807) is 28.9 Å². The van der Waals surface area contributed by atoms with Crippen LogP contribution in [0.2, 0.25) is 0 Å². The van der Waals surface area contributed by atoms with Crippen LogP contribution < -0.4 is 10.6 Å². The van der Waals surface area contributed by atoms with Gasteiger partial charge in [-0.1, -0.05) is 67.2 Å². The molecular formula is C38H44N6O5S. The molecule has 4 unspecified atom stereocenters. The fourth-order valence-electron chi connectivity index (χ4n) is 9.02. The van der Waals surface area contributed by atoms with E-state index in [4.69, 9.17) is 9.47 Å². The highest BCUT2D eigenvalue weighted by Crippen LogP contribution is 2.55. The lowest BCUT2D eigenvalue weighted by atomic mass is 9.53. The number of hydrogen-bond acceptors (Lipinski definition) is 9. The third-order valence-electron chi connectivity index (χ3n) is 11.2. The first-order valence-corrected chi connectivity index (χ1v) is 18.7. The third kappa shape index (κ3) is 6.99. The molecule has 0 spiro atoms.